The molecule has 7 nitrogen and oxygen atoms in total. The molecule has 150 valence electrons. The molecule has 2 rings (SSSR count). The van der Waals surface area contributed by atoms with Gasteiger partial charge in [-0.1, -0.05) is 29.8 Å². The van der Waals surface area contributed by atoms with Crippen molar-refractivity contribution in [1.82, 2.24) is 16.0 Å². The fraction of sp³-hybridized carbons (Fsp3) is 0.333. The summed E-state index contributed by atoms with van der Waals surface area (Å²) in [6.45, 7) is 7.01. The molecular weight excluding hydrogens is 356 g/mol. The van der Waals surface area contributed by atoms with Gasteiger partial charge in [-0.2, -0.15) is 0 Å². The molecule has 0 fully saturated rings. The normalized spacial score (nSPS) is 10.3. The Kier molecular flexibility index (Phi) is 8.14. The zero-order chi connectivity index (χ0) is 20.4. The lowest BCUT2D eigenvalue weighted by Gasteiger charge is -2.11. The van der Waals surface area contributed by atoms with Gasteiger partial charge in [0.2, 0.25) is 0 Å². The van der Waals surface area contributed by atoms with Crippen LogP contribution in [-0.2, 0) is 6.54 Å². The van der Waals surface area contributed by atoms with Crippen LogP contribution in [0.4, 0.5) is 15.3 Å². The van der Waals surface area contributed by atoms with E-state index in [0.717, 1.165) is 11.3 Å². The molecule has 0 aliphatic carbocycles. The molecule has 4 amide bonds. The van der Waals surface area contributed by atoms with Gasteiger partial charge in [-0.25, -0.2) is 9.59 Å². The monoisotopic (exact) mass is 384 g/mol. The third-order valence-corrected chi connectivity index (χ3v) is 3.76. The van der Waals surface area contributed by atoms with Crippen LogP contribution in [0.5, 0.6) is 5.75 Å². The zero-order valence-electron chi connectivity index (χ0n) is 16.5. The van der Waals surface area contributed by atoms with Gasteiger partial charge >= 0.3 is 12.1 Å². The van der Waals surface area contributed by atoms with Crippen LogP contribution >= 0.6 is 0 Å². The van der Waals surface area contributed by atoms with Gasteiger partial charge in [0.05, 0.1) is 6.54 Å². The van der Waals surface area contributed by atoms with Crippen LogP contribution < -0.4 is 26.0 Å². The van der Waals surface area contributed by atoms with E-state index in [0.29, 0.717) is 25.4 Å². The van der Waals surface area contributed by atoms with Crippen molar-refractivity contribution in [2.45, 2.75) is 33.4 Å². The maximum Gasteiger partial charge on any atom is 0.319 e. The first kappa shape index (κ1) is 21.1. The highest BCUT2D eigenvalue weighted by atomic mass is 16.5. The number of hydrogen-bond donors (Lipinski definition) is 4. The van der Waals surface area contributed by atoms with E-state index in [9.17, 15) is 9.59 Å². The first-order valence-electron chi connectivity index (χ1n) is 9.30. The van der Waals surface area contributed by atoms with Crippen molar-refractivity contribution in [2.24, 2.45) is 0 Å². The van der Waals surface area contributed by atoms with E-state index in [1.165, 1.54) is 5.56 Å². The van der Waals surface area contributed by atoms with Crippen LogP contribution in [0.15, 0.2) is 48.5 Å². The number of ether oxygens (including phenoxy) is 1. The van der Waals surface area contributed by atoms with Crippen molar-refractivity contribution >= 4 is 17.7 Å². The smallest absolute Gasteiger partial charge is 0.319 e. The molecule has 0 spiro atoms. The second-order valence-electron chi connectivity index (χ2n) is 6.72. The van der Waals surface area contributed by atoms with Gasteiger partial charge in [0, 0.05) is 18.3 Å². The van der Waals surface area contributed by atoms with Crippen LogP contribution in [0.25, 0.3) is 0 Å². The number of amides is 4. The van der Waals surface area contributed by atoms with Crippen molar-refractivity contribution < 1.29 is 14.3 Å². The van der Waals surface area contributed by atoms with Gasteiger partial charge in [0.15, 0.2) is 0 Å². The molecule has 0 bridgehead atoms. The van der Waals surface area contributed by atoms with Crippen LogP contribution in [0.1, 0.15) is 25.0 Å². The number of urea groups is 2. The fourth-order valence-corrected chi connectivity index (χ4v) is 2.35. The molecular formula is C21H28N4O3. The van der Waals surface area contributed by atoms with Gasteiger partial charge in [0.25, 0.3) is 0 Å². The van der Waals surface area contributed by atoms with Crippen molar-refractivity contribution in [3.05, 3.63) is 59.7 Å². The second kappa shape index (κ2) is 10.8. The van der Waals surface area contributed by atoms with E-state index in [4.69, 9.17) is 4.74 Å². The maximum atomic E-state index is 11.8. The minimum Gasteiger partial charge on any atom is -0.492 e. The van der Waals surface area contributed by atoms with E-state index in [1.807, 2.05) is 57.2 Å². The van der Waals surface area contributed by atoms with E-state index < -0.39 is 0 Å². The third kappa shape index (κ3) is 7.99. The highest BCUT2D eigenvalue weighted by Gasteiger charge is 2.04. The Morgan fingerprint density at radius 2 is 1.61 bits per heavy atom. The van der Waals surface area contributed by atoms with E-state index in [2.05, 4.69) is 21.3 Å². The second-order valence-corrected chi connectivity index (χ2v) is 6.72. The Balaban J connectivity index is 1.64. The van der Waals surface area contributed by atoms with Gasteiger partial charge in [-0.05, 0) is 50.6 Å². The summed E-state index contributed by atoms with van der Waals surface area (Å²) in [5.74, 6) is 0.781. The summed E-state index contributed by atoms with van der Waals surface area (Å²) in [6, 6.07) is 14.6. The predicted octanol–water partition coefficient (Wildman–Crippen LogP) is 3.40. The molecule has 0 saturated heterocycles. The number of aryl methyl sites for hydroxylation is 1. The van der Waals surface area contributed by atoms with Gasteiger partial charge in [-0.15, -0.1) is 0 Å². The average molecular weight is 384 g/mol. The minimum absolute atomic E-state index is 0.0734. The highest BCUT2D eigenvalue weighted by molar-refractivity contribution is 5.89. The van der Waals surface area contributed by atoms with Crippen molar-refractivity contribution in [2.75, 3.05) is 18.5 Å². The van der Waals surface area contributed by atoms with Crippen LogP contribution in [-0.4, -0.2) is 31.3 Å². The molecule has 0 aliphatic rings. The average Bonchev–Trinajstić information content (AvgIpc) is 2.65. The molecule has 0 aliphatic heterocycles. The first-order valence-corrected chi connectivity index (χ1v) is 9.30. The molecule has 0 saturated carbocycles. The number of benzene rings is 2. The van der Waals surface area contributed by atoms with E-state index in [1.54, 1.807) is 12.1 Å². The zero-order valence-corrected chi connectivity index (χ0v) is 16.5. The summed E-state index contributed by atoms with van der Waals surface area (Å²) in [4.78, 5) is 23.5. The molecule has 7 heteroatoms. The van der Waals surface area contributed by atoms with Gasteiger partial charge in [0.1, 0.15) is 12.4 Å². The topological polar surface area (TPSA) is 91.5 Å². The van der Waals surface area contributed by atoms with Crippen molar-refractivity contribution in [3.8, 4) is 5.75 Å². The highest BCUT2D eigenvalue weighted by Crippen LogP contribution is 2.11. The number of carbonyl (C=O) groups excluding carboxylic acids is 2. The van der Waals surface area contributed by atoms with E-state index >= 15 is 0 Å². The maximum absolute atomic E-state index is 11.8. The Bertz CT molecular complexity index is 758. The predicted molar refractivity (Wildman–Crippen MR) is 111 cm³/mol. The SMILES string of the molecule is Cc1ccc(OCCNC(=O)NCc2ccc(NC(=O)NC(C)C)cc2)cc1. The summed E-state index contributed by atoms with van der Waals surface area (Å²) in [5.41, 5.74) is 2.80. The van der Waals surface area contributed by atoms with Gasteiger partial charge in [-0.3, -0.25) is 0 Å². The Morgan fingerprint density at radius 1 is 0.929 bits per heavy atom. The van der Waals surface area contributed by atoms with Crippen LogP contribution in [0, 0.1) is 6.92 Å². The Morgan fingerprint density at radius 3 is 2.25 bits per heavy atom. The summed E-state index contributed by atoms with van der Waals surface area (Å²) in [5, 5.41) is 11.0. The molecule has 0 aromatic heterocycles. The summed E-state index contributed by atoms with van der Waals surface area (Å²) in [6.07, 6.45) is 0. The first-order chi connectivity index (χ1) is 13.4. The summed E-state index contributed by atoms with van der Waals surface area (Å²) < 4.78 is 5.56. The molecule has 28 heavy (non-hydrogen) atoms. The van der Waals surface area contributed by atoms with Crippen LogP contribution in [0.3, 0.4) is 0 Å². The molecule has 0 atom stereocenters. The van der Waals surface area contributed by atoms with E-state index in [-0.39, 0.29) is 18.1 Å². The number of hydrogen-bond acceptors (Lipinski definition) is 3. The summed E-state index contributed by atoms with van der Waals surface area (Å²) >= 11 is 0. The summed E-state index contributed by atoms with van der Waals surface area (Å²) in [7, 11) is 0. The standard InChI is InChI=1S/C21H28N4O3/c1-15(2)24-21(27)25-18-8-6-17(7-9-18)14-23-20(26)22-12-13-28-19-10-4-16(3)5-11-19/h4-11,15H,12-14H2,1-3H3,(H2,22,23,26)(H2,24,25,27). The van der Waals surface area contributed by atoms with Crippen LogP contribution in [0.2, 0.25) is 0 Å². The largest absolute Gasteiger partial charge is 0.492 e. The lowest BCUT2D eigenvalue weighted by molar-refractivity contribution is 0.236. The lowest BCUT2D eigenvalue weighted by Crippen LogP contribution is -2.37. The number of rotatable bonds is 8. The number of nitrogens with one attached hydrogen (secondary N) is 4. The molecule has 2 aromatic rings. The quantitative estimate of drug-likeness (QED) is 0.526. The molecule has 0 heterocycles. The fourth-order valence-electron chi connectivity index (χ4n) is 2.35. The number of carbonyl (C=O) groups is 2. The van der Waals surface area contributed by atoms with Crippen molar-refractivity contribution in [1.29, 1.82) is 0 Å². The lowest BCUT2D eigenvalue weighted by atomic mass is 10.2. The molecule has 0 radical (unpaired) electrons. The van der Waals surface area contributed by atoms with Gasteiger partial charge < -0.3 is 26.0 Å². The Labute approximate surface area is 165 Å². The molecule has 0 unspecified atom stereocenters. The molecule has 2 aromatic carbocycles. The molecule has 4 N–H and O–H groups in total. The number of anilines is 1. The van der Waals surface area contributed by atoms with Crippen molar-refractivity contribution in [3.63, 3.8) is 0 Å². The minimum atomic E-state index is -0.258. The third-order valence-electron chi connectivity index (χ3n) is 3.76. The Hall–Kier alpha value is -3.22.